The molecule has 2 heterocycles. The van der Waals surface area contributed by atoms with E-state index in [1.54, 1.807) is 0 Å². The van der Waals surface area contributed by atoms with Gasteiger partial charge in [-0.25, -0.2) is 4.98 Å². The van der Waals surface area contributed by atoms with Crippen molar-refractivity contribution in [3.05, 3.63) is 48.2 Å². The van der Waals surface area contributed by atoms with E-state index in [-0.39, 0.29) is 6.04 Å². The first kappa shape index (κ1) is 10.0. The maximum Gasteiger partial charge on any atom is 0.141 e. The fourth-order valence-electron chi connectivity index (χ4n) is 2.03. The molecule has 0 aliphatic heterocycles. The topological polar surface area (TPSA) is 83.4 Å². The smallest absolute Gasteiger partial charge is 0.141 e. The molecule has 0 bridgehead atoms. The molecule has 0 aliphatic rings. The highest BCUT2D eigenvalue weighted by molar-refractivity contribution is 5.83. The minimum Gasteiger partial charge on any atom is -0.361 e. The maximum atomic E-state index is 6.07. The molecule has 1 aromatic carbocycles. The Labute approximate surface area is 98.1 Å². The predicted molar refractivity (Wildman–Crippen MR) is 65.3 cm³/mol. The molecule has 0 radical (unpaired) electrons. The van der Waals surface area contributed by atoms with Crippen LogP contribution in [0, 0.1) is 0 Å². The Bertz CT molecular complexity index is 611. The second-order valence-electron chi connectivity index (χ2n) is 4.04. The number of fused-ring (bicyclic) bond motifs is 1. The van der Waals surface area contributed by atoms with Crippen LogP contribution in [0.5, 0.6) is 0 Å². The molecule has 1 atom stereocenters. The number of benzene rings is 1. The van der Waals surface area contributed by atoms with Crippen molar-refractivity contribution in [2.24, 2.45) is 5.73 Å². The molecule has 5 nitrogen and oxygen atoms in total. The molecule has 0 spiro atoms. The molecule has 3 aromatic rings. The summed E-state index contributed by atoms with van der Waals surface area (Å²) in [6.45, 7) is 0. The van der Waals surface area contributed by atoms with Gasteiger partial charge in [0.1, 0.15) is 12.2 Å². The van der Waals surface area contributed by atoms with E-state index in [1.807, 2.05) is 18.3 Å². The van der Waals surface area contributed by atoms with E-state index >= 15 is 0 Å². The summed E-state index contributed by atoms with van der Waals surface area (Å²) < 4.78 is 0. The number of nitrogens with one attached hydrogen (secondary N) is 2. The summed E-state index contributed by atoms with van der Waals surface area (Å²) in [5, 5.41) is 7.82. The number of nitrogens with two attached hydrogens (primary N) is 1. The fraction of sp³-hybridized carbons (Fsp3) is 0.167. The standard InChI is InChI=1S/C12H13N5/c13-10(12-15-7-16-17-12)5-8-6-14-11-4-2-1-3-9(8)11/h1-4,6-7,10,14H,5,13H2,(H,15,16,17)/t10-/m1/s1. The minimum atomic E-state index is -0.156. The lowest BCUT2D eigenvalue weighted by Crippen LogP contribution is -2.14. The van der Waals surface area contributed by atoms with Crippen molar-refractivity contribution < 1.29 is 0 Å². The Balaban J connectivity index is 1.90. The summed E-state index contributed by atoms with van der Waals surface area (Å²) in [4.78, 5) is 7.31. The molecular formula is C12H13N5. The van der Waals surface area contributed by atoms with E-state index in [9.17, 15) is 0 Å². The van der Waals surface area contributed by atoms with Gasteiger partial charge in [0, 0.05) is 17.1 Å². The average Bonchev–Trinajstić information content (AvgIpc) is 2.98. The third-order valence-corrected chi connectivity index (χ3v) is 2.90. The third-order valence-electron chi connectivity index (χ3n) is 2.90. The summed E-state index contributed by atoms with van der Waals surface area (Å²) >= 11 is 0. The van der Waals surface area contributed by atoms with Crippen LogP contribution in [0.4, 0.5) is 0 Å². The van der Waals surface area contributed by atoms with Crippen molar-refractivity contribution >= 4 is 10.9 Å². The van der Waals surface area contributed by atoms with Crippen molar-refractivity contribution in [1.82, 2.24) is 20.2 Å². The minimum absolute atomic E-state index is 0.156. The van der Waals surface area contributed by atoms with Gasteiger partial charge in [-0.2, -0.15) is 5.10 Å². The molecule has 0 amide bonds. The molecule has 2 aromatic heterocycles. The molecule has 17 heavy (non-hydrogen) atoms. The van der Waals surface area contributed by atoms with Crippen LogP contribution in [-0.2, 0) is 6.42 Å². The largest absolute Gasteiger partial charge is 0.361 e. The number of para-hydroxylation sites is 1. The molecule has 0 saturated carbocycles. The van der Waals surface area contributed by atoms with Crippen molar-refractivity contribution in [2.45, 2.75) is 12.5 Å². The van der Waals surface area contributed by atoms with E-state index in [4.69, 9.17) is 5.73 Å². The van der Waals surface area contributed by atoms with Gasteiger partial charge in [0.25, 0.3) is 0 Å². The van der Waals surface area contributed by atoms with Gasteiger partial charge in [-0.05, 0) is 18.1 Å². The molecule has 5 heteroatoms. The number of aromatic nitrogens is 4. The van der Waals surface area contributed by atoms with Crippen LogP contribution in [0.15, 0.2) is 36.8 Å². The van der Waals surface area contributed by atoms with Gasteiger partial charge in [-0.15, -0.1) is 0 Å². The maximum absolute atomic E-state index is 6.07. The van der Waals surface area contributed by atoms with Crippen LogP contribution in [-0.4, -0.2) is 20.2 Å². The normalized spacial score (nSPS) is 13.0. The molecule has 86 valence electrons. The van der Waals surface area contributed by atoms with Gasteiger partial charge in [-0.1, -0.05) is 18.2 Å². The number of hydrogen-bond acceptors (Lipinski definition) is 3. The van der Waals surface area contributed by atoms with E-state index in [0.29, 0.717) is 0 Å². The van der Waals surface area contributed by atoms with E-state index in [2.05, 4.69) is 32.3 Å². The lowest BCUT2D eigenvalue weighted by molar-refractivity contribution is 0.673. The second-order valence-corrected chi connectivity index (χ2v) is 4.04. The quantitative estimate of drug-likeness (QED) is 0.634. The molecule has 3 rings (SSSR count). The Morgan fingerprint density at radius 1 is 1.29 bits per heavy atom. The van der Waals surface area contributed by atoms with Gasteiger partial charge in [0.15, 0.2) is 0 Å². The van der Waals surface area contributed by atoms with E-state index < -0.39 is 0 Å². The van der Waals surface area contributed by atoms with E-state index in [1.165, 1.54) is 17.3 Å². The van der Waals surface area contributed by atoms with Gasteiger partial charge in [-0.3, -0.25) is 5.10 Å². The van der Waals surface area contributed by atoms with Crippen LogP contribution in [0.25, 0.3) is 10.9 Å². The summed E-state index contributed by atoms with van der Waals surface area (Å²) in [5.41, 5.74) is 8.40. The van der Waals surface area contributed by atoms with Crippen molar-refractivity contribution in [2.75, 3.05) is 0 Å². The Kier molecular flexibility index (Phi) is 2.38. The van der Waals surface area contributed by atoms with Crippen molar-refractivity contribution in [1.29, 1.82) is 0 Å². The van der Waals surface area contributed by atoms with Gasteiger partial charge in [0.2, 0.25) is 0 Å². The lowest BCUT2D eigenvalue weighted by atomic mass is 10.1. The Morgan fingerprint density at radius 3 is 3.00 bits per heavy atom. The summed E-state index contributed by atoms with van der Waals surface area (Å²) in [7, 11) is 0. The van der Waals surface area contributed by atoms with Gasteiger partial charge < -0.3 is 10.7 Å². The fourth-order valence-corrected chi connectivity index (χ4v) is 2.03. The van der Waals surface area contributed by atoms with Crippen molar-refractivity contribution in [3.63, 3.8) is 0 Å². The van der Waals surface area contributed by atoms with Crippen LogP contribution in [0.3, 0.4) is 0 Å². The zero-order valence-corrected chi connectivity index (χ0v) is 9.22. The first-order chi connectivity index (χ1) is 8.34. The van der Waals surface area contributed by atoms with Gasteiger partial charge in [0.05, 0.1) is 6.04 Å². The highest BCUT2D eigenvalue weighted by Gasteiger charge is 2.12. The highest BCUT2D eigenvalue weighted by Crippen LogP contribution is 2.21. The van der Waals surface area contributed by atoms with Crippen LogP contribution in [0.1, 0.15) is 17.4 Å². The molecule has 0 unspecified atom stereocenters. The number of rotatable bonds is 3. The predicted octanol–water partition coefficient (Wildman–Crippen LogP) is 1.53. The molecular weight excluding hydrogens is 214 g/mol. The highest BCUT2D eigenvalue weighted by atomic mass is 15.2. The number of hydrogen-bond donors (Lipinski definition) is 3. The molecule has 0 aliphatic carbocycles. The molecule has 0 fully saturated rings. The number of H-pyrrole nitrogens is 2. The number of nitrogens with zero attached hydrogens (tertiary/aromatic N) is 2. The monoisotopic (exact) mass is 227 g/mol. The average molecular weight is 227 g/mol. The molecule has 4 N–H and O–H groups in total. The van der Waals surface area contributed by atoms with Crippen LogP contribution in [0.2, 0.25) is 0 Å². The zero-order chi connectivity index (χ0) is 11.7. The van der Waals surface area contributed by atoms with Crippen molar-refractivity contribution in [3.8, 4) is 0 Å². The first-order valence-corrected chi connectivity index (χ1v) is 5.50. The first-order valence-electron chi connectivity index (χ1n) is 5.50. The van der Waals surface area contributed by atoms with Crippen LogP contribution >= 0.6 is 0 Å². The summed E-state index contributed by atoms with van der Waals surface area (Å²) in [6.07, 6.45) is 4.21. The van der Waals surface area contributed by atoms with E-state index in [0.717, 1.165) is 17.8 Å². The van der Waals surface area contributed by atoms with Gasteiger partial charge >= 0.3 is 0 Å². The zero-order valence-electron chi connectivity index (χ0n) is 9.22. The third kappa shape index (κ3) is 1.81. The summed E-state index contributed by atoms with van der Waals surface area (Å²) in [5.74, 6) is 0.718. The van der Waals surface area contributed by atoms with Crippen LogP contribution < -0.4 is 5.73 Å². The second kappa shape index (κ2) is 4.03. The lowest BCUT2D eigenvalue weighted by Gasteiger charge is -2.06. The number of aromatic amines is 2. The SMILES string of the molecule is N[C@H](Cc1c[nH]c2ccccc12)c1ncn[nH]1. The summed E-state index contributed by atoms with van der Waals surface area (Å²) in [6, 6.07) is 8.03. The Hall–Kier alpha value is -2.14. The Morgan fingerprint density at radius 2 is 2.18 bits per heavy atom. The molecule has 0 saturated heterocycles.